The lowest BCUT2D eigenvalue weighted by molar-refractivity contribution is 0.298. The minimum atomic E-state index is 0.0493. The summed E-state index contributed by atoms with van der Waals surface area (Å²) in [6.45, 7) is 0.730. The normalized spacial score (nSPS) is 20.5. The van der Waals surface area contributed by atoms with Gasteiger partial charge in [-0.05, 0) is 43.4 Å². The molecule has 0 aliphatic heterocycles. The summed E-state index contributed by atoms with van der Waals surface area (Å²) in [4.78, 5) is 4.69. The van der Waals surface area contributed by atoms with Crippen molar-refractivity contribution >= 4 is 5.96 Å². The molecule has 132 valence electrons. The van der Waals surface area contributed by atoms with E-state index in [-0.39, 0.29) is 5.41 Å². The van der Waals surface area contributed by atoms with E-state index in [2.05, 4.69) is 22.4 Å². The van der Waals surface area contributed by atoms with Crippen LogP contribution in [0.25, 0.3) is 0 Å². The van der Waals surface area contributed by atoms with E-state index in [0.29, 0.717) is 12.0 Å². The van der Waals surface area contributed by atoms with E-state index in [1.54, 1.807) is 14.2 Å². The summed E-state index contributed by atoms with van der Waals surface area (Å²) >= 11 is 0. The molecule has 1 aromatic rings. The predicted octanol–water partition coefficient (Wildman–Crippen LogP) is 2.97. The van der Waals surface area contributed by atoms with Crippen molar-refractivity contribution in [3.05, 3.63) is 23.8 Å². The third-order valence-electron chi connectivity index (χ3n) is 5.29. The number of guanidine groups is 1. The first-order valence-corrected chi connectivity index (χ1v) is 8.96. The predicted molar refractivity (Wildman–Crippen MR) is 97.0 cm³/mol. The number of methoxy groups -OCH3 is 2. The third-order valence-corrected chi connectivity index (χ3v) is 5.29. The molecule has 1 aromatic carbocycles. The highest BCUT2D eigenvalue weighted by atomic mass is 16.5. The zero-order valence-electron chi connectivity index (χ0n) is 14.8. The molecule has 24 heavy (non-hydrogen) atoms. The second-order valence-electron chi connectivity index (χ2n) is 7.03. The number of benzene rings is 1. The van der Waals surface area contributed by atoms with Crippen LogP contribution in [0.3, 0.4) is 0 Å². The molecule has 3 rings (SSSR count). The third kappa shape index (κ3) is 3.77. The van der Waals surface area contributed by atoms with Crippen LogP contribution in [-0.2, 0) is 5.41 Å². The summed E-state index contributed by atoms with van der Waals surface area (Å²) in [7, 11) is 3.35. The molecule has 0 bridgehead atoms. The first-order chi connectivity index (χ1) is 11.7. The molecule has 2 aliphatic carbocycles. The number of aliphatic imine (C=N–C) groups is 1. The van der Waals surface area contributed by atoms with Gasteiger partial charge in [-0.15, -0.1) is 0 Å². The van der Waals surface area contributed by atoms with Crippen LogP contribution >= 0.6 is 0 Å². The molecule has 0 radical (unpaired) electrons. The molecule has 5 heteroatoms. The standard InChI is InChI=1S/C19H29N3O2/c1-23-16-9-6-14(12-17(16)24-2)19(10-4-3-5-11-19)13-21-18(20)22-15-7-8-15/h6,9,12,15H,3-5,7-8,10-11,13H2,1-2H3,(H3,20,21,22). The van der Waals surface area contributed by atoms with Crippen LogP contribution in [0.15, 0.2) is 23.2 Å². The fraction of sp³-hybridized carbons (Fsp3) is 0.632. The first-order valence-electron chi connectivity index (χ1n) is 8.96. The summed E-state index contributed by atoms with van der Waals surface area (Å²) in [5, 5.41) is 3.29. The van der Waals surface area contributed by atoms with Gasteiger partial charge in [0.25, 0.3) is 0 Å². The van der Waals surface area contributed by atoms with Crippen LogP contribution < -0.4 is 20.5 Å². The average Bonchev–Trinajstić information content (AvgIpc) is 3.44. The molecule has 0 saturated heterocycles. The molecule has 0 aromatic heterocycles. The minimum absolute atomic E-state index is 0.0493. The quantitative estimate of drug-likeness (QED) is 0.621. The number of hydrogen-bond donors (Lipinski definition) is 2. The zero-order chi connectivity index (χ0) is 17.0. The van der Waals surface area contributed by atoms with Gasteiger partial charge in [0.2, 0.25) is 0 Å². The summed E-state index contributed by atoms with van der Waals surface area (Å²) in [6, 6.07) is 6.81. The van der Waals surface area contributed by atoms with E-state index in [1.165, 1.54) is 37.7 Å². The number of ether oxygens (including phenoxy) is 2. The van der Waals surface area contributed by atoms with Gasteiger partial charge in [-0.1, -0.05) is 25.3 Å². The van der Waals surface area contributed by atoms with Gasteiger partial charge in [-0.25, -0.2) is 0 Å². The van der Waals surface area contributed by atoms with E-state index in [9.17, 15) is 0 Å². The smallest absolute Gasteiger partial charge is 0.188 e. The van der Waals surface area contributed by atoms with Gasteiger partial charge < -0.3 is 20.5 Å². The molecule has 3 N–H and O–H groups in total. The van der Waals surface area contributed by atoms with Gasteiger partial charge in [0.05, 0.1) is 20.8 Å². The molecule has 2 saturated carbocycles. The number of nitrogens with one attached hydrogen (secondary N) is 1. The minimum Gasteiger partial charge on any atom is -0.493 e. The molecule has 0 heterocycles. The molecule has 2 aliphatic rings. The Balaban J connectivity index is 1.84. The Bertz CT molecular complexity index is 590. The van der Waals surface area contributed by atoms with E-state index in [0.717, 1.165) is 30.9 Å². The van der Waals surface area contributed by atoms with E-state index < -0.39 is 0 Å². The van der Waals surface area contributed by atoms with Crippen LogP contribution in [0.4, 0.5) is 0 Å². The Labute approximate surface area is 144 Å². The monoisotopic (exact) mass is 331 g/mol. The van der Waals surface area contributed by atoms with Crippen LogP contribution in [0, 0.1) is 0 Å². The molecule has 5 nitrogen and oxygen atoms in total. The maximum atomic E-state index is 6.06. The van der Waals surface area contributed by atoms with E-state index in [1.807, 2.05) is 6.07 Å². The SMILES string of the molecule is COc1ccc(C2(CN=C(N)NC3CC3)CCCCC2)cc1OC. The lowest BCUT2D eigenvalue weighted by Crippen LogP contribution is -2.37. The number of nitrogens with zero attached hydrogens (tertiary/aromatic N) is 1. The lowest BCUT2D eigenvalue weighted by Gasteiger charge is -2.37. The van der Waals surface area contributed by atoms with Crippen molar-refractivity contribution in [3.8, 4) is 11.5 Å². The second kappa shape index (κ2) is 7.32. The molecule has 0 spiro atoms. The maximum Gasteiger partial charge on any atom is 0.188 e. The van der Waals surface area contributed by atoms with Crippen molar-refractivity contribution in [2.24, 2.45) is 10.7 Å². The number of rotatable bonds is 6. The van der Waals surface area contributed by atoms with Gasteiger partial charge in [0, 0.05) is 11.5 Å². The fourth-order valence-electron chi connectivity index (χ4n) is 3.65. The van der Waals surface area contributed by atoms with Gasteiger partial charge >= 0.3 is 0 Å². The summed E-state index contributed by atoms with van der Waals surface area (Å²) < 4.78 is 10.9. The Morgan fingerprint density at radius 2 is 1.88 bits per heavy atom. The molecule has 0 atom stereocenters. The van der Waals surface area contributed by atoms with E-state index in [4.69, 9.17) is 15.2 Å². The average molecular weight is 331 g/mol. The summed E-state index contributed by atoms with van der Waals surface area (Å²) in [5.41, 5.74) is 7.39. The zero-order valence-corrected chi connectivity index (χ0v) is 14.8. The molecular formula is C19H29N3O2. The Morgan fingerprint density at radius 3 is 2.50 bits per heavy atom. The van der Waals surface area contributed by atoms with Crippen molar-refractivity contribution in [1.82, 2.24) is 5.32 Å². The molecule has 2 fully saturated rings. The fourth-order valence-corrected chi connectivity index (χ4v) is 3.65. The van der Waals surface area contributed by atoms with E-state index >= 15 is 0 Å². The first kappa shape index (κ1) is 16.9. The highest BCUT2D eigenvalue weighted by molar-refractivity contribution is 5.78. The molecule has 0 unspecified atom stereocenters. The van der Waals surface area contributed by atoms with Gasteiger partial charge in [-0.2, -0.15) is 0 Å². The Morgan fingerprint density at radius 1 is 1.17 bits per heavy atom. The molecule has 0 amide bonds. The molecular weight excluding hydrogens is 302 g/mol. The van der Waals surface area contributed by atoms with Crippen LogP contribution in [0.2, 0.25) is 0 Å². The van der Waals surface area contributed by atoms with Gasteiger partial charge in [0.15, 0.2) is 17.5 Å². The number of nitrogens with two attached hydrogens (primary N) is 1. The Hall–Kier alpha value is -1.91. The maximum absolute atomic E-state index is 6.06. The van der Waals surface area contributed by atoms with Crippen LogP contribution in [0.5, 0.6) is 11.5 Å². The Kier molecular flexibility index (Phi) is 5.17. The summed E-state index contributed by atoms with van der Waals surface area (Å²) in [5.74, 6) is 2.14. The van der Waals surface area contributed by atoms with Crippen LogP contribution in [-0.4, -0.2) is 32.8 Å². The second-order valence-corrected chi connectivity index (χ2v) is 7.03. The topological polar surface area (TPSA) is 68.9 Å². The number of hydrogen-bond acceptors (Lipinski definition) is 3. The van der Waals surface area contributed by atoms with Crippen molar-refractivity contribution in [3.63, 3.8) is 0 Å². The highest BCUT2D eigenvalue weighted by Crippen LogP contribution is 2.42. The van der Waals surface area contributed by atoms with Crippen molar-refractivity contribution in [2.45, 2.75) is 56.4 Å². The van der Waals surface area contributed by atoms with Gasteiger partial charge in [0.1, 0.15) is 0 Å². The van der Waals surface area contributed by atoms with Crippen molar-refractivity contribution in [2.75, 3.05) is 20.8 Å². The van der Waals surface area contributed by atoms with Crippen molar-refractivity contribution < 1.29 is 9.47 Å². The van der Waals surface area contributed by atoms with Crippen molar-refractivity contribution in [1.29, 1.82) is 0 Å². The lowest BCUT2D eigenvalue weighted by atomic mass is 9.69. The largest absolute Gasteiger partial charge is 0.493 e. The van der Waals surface area contributed by atoms with Gasteiger partial charge in [-0.3, -0.25) is 4.99 Å². The van der Waals surface area contributed by atoms with Crippen LogP contribution in [0.1, 0.15) is 50.5 Å². The highest BCUT2D eigenvalue weighted by Gasteiger charge is 2.34. The summed E-state index contributed by atoms with van der Waals surface area (Å²) in [6.07, 6.45) is 8.47.